The van der Waals surface area contributed by atoms with Crippen molar-refractivity contribution in [3.8, 4) is 0 Å². The van der Waals surface area contributed by atoms with Gasteiger partial charge in [-0.05, 0) is 6.92 Å². The van der Waals surface area contributed by atoms with Crippen LogP contribution in [-0.4, -0.2) is 25.3 Å². The molecule has 3 heterocycles. The van der Waals surface area contributed by atoms with E-state index in [0.717, 1.165) is 15.3 Å². The normalized spacial score (nSPS) is 13.8. The van der Waals surface area contributed by atoms with Crippen molar-refractivity contribution >= 4 is 16.3 Å². The van der Waals surface area contributed by atoms with Gasteiger partial charge in [-0.2, -0.15) is 18.3 Å². The van der Waals surface area contributed by atoms with Crippen LogP contribution in [0.15, 0.2) is 30.2 Å². The highest BCUT2D eigenvalue weighted by molar-refractivity contribution is 7.15. The molecule has 3 rings (SSSR count). The smallest absolute Gasteiger partial charge is 0.304 e. The fourth-order valence-electron chi connectivity index (χ4n) is 2.11. The van der Waals surface area contributed by atoms with E-state index >= 15 is 0 Å². The number of nitrogens with zero attached hydrogens (tertiary/aromatic N) is 4. The third-order valence-electron chi connectivity index (χ3n) is 3.23. The fraction of sp³-hybridized carbons (Fsp3) is 0.385. The van der Waals surface area contributed by atoms with Gasteiger partial charge in [-0.3, -0.25) is 9.08 Å². The van der Waals surface area contributed by atoms with Crippen LogP contribution in [-0.2, 0) is 13.1 Å². The van der Waals surface area contributed by atoms with E-state index in [2.05, 4.69) is 15.4 Å². The molecule has 0 fully saturated rings. The molecule has 0 aliphatic heterocycles. The number of imidazole rings is 1. The second kappa shape index (κ2) is 5.73. The Balaban J connectivity index is 1.59. The zero-order chi connectivity index (χ0) is 15.7. The van der Waals surface area contributed by atoms with E-state index in [1.165, 1.54) is 12.4 Å². The van der Waals surface area contributed by atoms with Crippen molar-refractivity contribution in [1.29, 1.82) is 0 Å². The summed E-state index contributed by atoms with van der Waals surface area (Å²) in [6.07, 6.45) is 2.47. The molecule has 1 atom stereocenters. The SMILES string of the molecule is CC(NCc1cn2ccsc2n1)c1cnn(CC(F)(F)F)c1. The Morgan fingerprint density at radius 2 is 2.18 bits per heavy atom. The van der Waals surface area contributed by atoms with Crippen LogP contribution in [0.2, 0.25) is 0 Å². The van der Waals surface area contributed by atoms with Crippen molar-refractivity contribution in [2.45, 2.75) is 32.2 Å². The Hall–Kier alpha value is -1.87. The van der Waals surface area contributed by atoms with Crippen LogP contribution < -0.4 is 5.32 Å². The highest BCUT2D eigenvalue weighted by atomic mass is 32.1. The highest BCUT2D eigenvalue weighted by Crippen LogP contribution is 2.19. The number of hydrogen-bond acceptors (Lipinski definition) is 4. The Labute approximate surface area is 128 Å². The topological polar surface area (TPSA) is 47.1 Å². The zero-order valence-corrected chi connectivity index (χ0v) is 12.5. The lowest BCUT2D eigenvalue weighted by Gasteiger charge is -2.10. The van der Waals surface area contributed by atoms with Crippen molar-refractivity contribution in [2.24, 2.45) is 0 Å². The van der Waals surface area contributed by atoms with Gasteiger partial charge < -0.3 is 5.32 Å². The monoisotopic (exact) mass is 329 g/mol. The molecule has 3 aromatic heterocycles. The molecule has 0 bridgehead atoms. The van der Waals surface area contributed by atoms with Gasteiger partial charge in [0.15, 0.2) is 4.96 Å². The summed E-state index contributed by atoms with van der Waals surface area (Å²) in [4.78, 5) is 5.36. The zero-order valence-electron chi connectivity index (χ0n) is 11.7. The molecule has 9 heteroatoms. The lowest BCUT2D eigenvalue weighted by molar-refractivity contribution is -0.142. The number of aromatic nitrogens is 4. The standard InChI is InChI=1S/C13H14F3N5S/c1-9(10-4-18-21(6-10)8-13(14,15)16)17-5-11-7-20-2-3-22-12(20)19-11/h2-4,6-7,9,17H,5,8H2,1H3. The molecule has 1 unspecified atom stereocenters. The first-order chi connectivity index (χ1) is 10.4. The quantitative estimate of drug-likeness (QED) is 0.783. The molecule has 0 radical (unpaired) electrons. The minimum Gasteiger partial charge on any atom is -0.304 e. The van der Waals surface area contributed by atoms with Crippen LogP contribution in [0.1, 0.15) is 24.2 Å². The summed E-state index contributed by atoms with van der Waals surface area (Å²) in [6.45, 7) is 1.35. The Kier molecular flexibility index (Phi) is 3.92. The van der Waals surface area contributed by atoms with Crippen molar-refractivity contribution in [2.75, 3.05) is 0 Å². The summed E-state index contributed by atoms with van der Waals surface area (Å²) in [5.74, 6) is 0. The maximum absolute atomic E-state index is 12.3. The second-order valence-corrected chi connectivity index (χ2v) is 5.89. The number of fused-ring (bicyclic) bond motifs is 1. The van der Waals surface area contributed by atoms with Crippen molar-refractivity contribution in [3.63, 3.8) is 0 Å². The molecule has 0 amide bonds. The molecule has 22 heavy (non-hydrogen) atoms. The summed E-state index contributed by atoms with van der Waals surface area (Å²) in [6, 6.07) is -0.110. The van der Waals surface area contributed by atoms with Gasteiger partial charge in [0.1, 0.15) is 6.54 Å². The van der Waals surface area contributed by atoms with E-state index in [4.69, 9.17) is 0 Å². The molecule has 0 spiro atoms. The molecule has 0 aliphatic carbocycles. The molecule has 3 aromatic rings. The first-order valence-corrected chi connectivity index (χ1v) is 7.52. The number of halogens is 3. The van der Waals surface area contributed by atoms with Gasteiger partial charge in [0, 0.05) is 42.1 Å². The average molecular weight is 329 g/mol. The highest BCUT2D eigenvalue weighted by Gasteiger charge is 2.28. The van der Waals surface area contributed by atoms with Crippen LogP contribution in [0.25, 0.3) is 4.96 Å². The maximum atomic E-state index is 12.3. The second-order valence-electron chi connectivity index (χ2n) is 5.01. The molecular formula is C13H14F3N5S. The van der Waals surface area contributed by atoms with Gasteiger partial charge >= 0.3 is 6.18 Å². The van der Waals surface area contributed by atoms with Gasteiger partial charge in [0.25, 0.3) is 0 Å². The summed E-state index contributed by atoms with van der Waals surface area (Å²) in [7, 11) is 0. The summed E-state index contributed by atoms with van der Waals surface area (Å²) >= 11 is 1.55. The Morgan fingerprint density at radius 1 is 1.36 bits per heavy atom. The summed E-state index contributed by atoms with van der Waals surface area (Å²) in [5.41, 5.74) is 1.60. The summed E-state index contributed by atoms with van der Waals surface area (Å²) in [5, 5.41) is 8.93. The largest absolute Gasteiger partial charge is 0.408 e. The third kappa shape index (κ3) is 3.47. The van der Waals surface area contributed by atoms with Crippen LogP contribution in [0, 0.1) is 0 Å². The van der Waals surface area contributed by atoms with Gasteiger partial charge in [-0.25, -0.2) is 4.98 Å². The van der Waals surface area contributed by atoms with Gasteiger partial charge in [-0.1, -0.05) is 0 Å². The molecule has 1 N–H and O–H groups in total. The number of rotatable bonds is 5. The molecule has 0 saturated heterocycles. The van der Waals surface area contributed by atoms with Gasteiger partial charge in [-0.15, -0.1) is 11.3 Å². The lowest BCUT2D eigenvalue weighted by atomic mass is 10.2. The van der Waals surface area contributed by atoms with Crippen LogP contribution >= 0.6 is 11.3 Å². The number of thiazole rings is 1. The number of alkyl halides is 3. The van der Waals surface area contributed by atoms with Crippen LogP contribution in [0.4, 0.5) is 13.2 Å². The molecule has 0 aliphatic rings. The Morgan fingerprint density at radius 3 is 2.91 bits per heavy atom. The minimum absolute atomic E-state index is 0.110. The Bertz CT molecular complexity index is 728. The van der Waals surface area contributed by atoms with Crippen molar-refractivity contribution < 1.29 is 13.2 Å². The van der Waals surface area contributed by atoms with E-state index in [1.807, 2.05) is 29.1 Å². The predicted molar refractivity (Wildman–Crippen MR) is 76.6 cm³/mol. The van der Waals surface area contributed by atoms with E-state index in [1.54, 1.807) is 11.3 Å². The predicted octanol–water partition coefficient (Wildman–Crippen LogP) is 3.01. The number of hydrogen-bond donors (Lipinski definition) is 1. The number of nitrogens with one attached hydrogen (secondary N) is 1. The van der Waals surface area contributed by atoms with E-state index in [0.29, 0.717) is 12.1 Å². The molecule has 0 saturated carbocycles. The van der Waals surface area contributed by atoms with Gasteiger partial charge in [0.2, 0.25) is 0 Å². The molecule has 0 aromatic carbocycles. The molecular weight excluding hydrogens is 315 g/mol. The average Bonchev–Trinajstić information content (AvgIpc) is 3.08. The minimum atomic E-state index is -4.26. The first kappa shape index (κ1) is 15.0. The molecule has 5 nitrogen and oxygen atoms in total. The third-order valence-corrected chi connectivity index (χ3v) is 4.00. The van der Waals surface area contributed by atoms with E-state index < -0.39 is 12.7 Å². The summed E-state index contributed by atoms with van der Waals surface area (Å²) < 4.78 is 39.8. The fourth-order valence-corrected chi connectivity index (χ4v) is 2.83. The van der Waals surface area contributed by atoms with Gasteiger partial charge in [0.05, 0.1) is 11.9 Å². The maximum Gasteiger partial charge on any atom is 0.408 e. The molecule has 118 valence electrons. The van der Waals surface area contributed by atoms with Crippen molar-refractivity contribution in [3.05, 3.63) is 41.4 Å². The first-order valence-electron chi connectivity index (χ1n) is 6.64. The van der Waals surface area contributed by atoms with E-state index in [9.17, 15) is 13.2 Å². The van der Waals surface area contributed by atoms with E-state index in [-0.39, 0.29) is 6.04 Å². The van der Waals surface area contributed by atoms with Crippen LogP contribution in [0.3, 0.4) is 0 Å². The van der Waals surface area contributed by atoms with Crippen molar-refractivity contribution in [1.82, 2.24) is 24.5 Å². The lowest BCUT2D eigenvalue weighted by Crippen LogP contribution is -2.19. The van der Waals surface area contributed by atoms with Crippen LogP contribution in [0.5, 0.6) is 0 Å².